The summed E-state index contributed by atoms with van der Waals surface area (Å²) in [6.45, 7) is 1.00. The second-order valence-electron chi connectivity index (χ2n) is 4.93. The Balaban J connectivity index is 1.98. The average molecular weight is 223 g/mol. The van der Waals surface area contributed by atoms with Crippen LogP contribution >= 0.6 is 0 Å². The van der Waals surface area contributed by atoms with E-state index in [-0.39, 0.29) is 17.0 Å². The highest BCUT2D eigenvalue weighted by Gasteiger charge is 2.52. The van der Waals surface area contributed by atoms with Crippen LogP contribution in [0.15, 0.2) is 18.2 Å². The molecule has 1 saturated carbocycles. The van der Waals surface area contributed by atoms with Crippen LogP contribution in [0.1, 0.15) is 31.2 Å². The van der Waals surface area contributed by atoms with Gasteiger partial charge in [0.05, 0.1) is 0 Å². The molecule has 16 heavy (non-hydrogen) atoms. The zero-order valence-corrected chi connectivity index (χ0v) is 9.10. The second-order valence-corrected chi connectivity index (χ2v) is 4.93. The van der Waals surface area contributed by atoms with E-state index in [1.807, 2.05) is 0 Å². The first-order valence-electron chi connectivity index (χ1n) is 5.91. The van der Waals surface area contributed by atoms with Crippen LogP contribution in [-0.4, -0.2) is 12.6 Å². The second kappa shape index (κ2) is 3.52. The molecule has 1 aromatic carbocycles. The van der Waals surface area contributed by atoms with E-state index < -0.39 is 0 Å². The summed E-state index contributed by atoms with van der Waals surface area (Å²) in [7, 11) is 0. The summed E-state index contributed by atoms with van der Waals surface area (Å²) in [5.74, 6) is -0.590. The van der Waals surface area contributed by atoms with Gasteiger partial charge in [0.2, 0.25) is 0 Å². The fourth-order valence-electron chi connectivity index (χ4n) is 2.98. The van der Waals surface area contributed by atoms with Crippen molar-refractivity contribution in [1.82, 2.24) is 5.32 Å². The fourth-order valence-corrected chi connectivity index (χ4v) is 2.98. The smallest absolute Gasteiger partial charge is 0.127 e. The molecule has 1 unspecified atom stereocenters. The molecular formula is C13H15F2N. The van der Waals surface area contributed by atoms with Crippen LogP contribution in [0.4, 0.5) is 8.78 Å². The van der Waals surface area contributed by atoms with Gasteiger partial charge in [0.15, 0.2) is 0 Å². The lowest BCUT2D eigenvalue weighted by Gasteiger charge is -2.24. The molecule has 2 aliphatic rings. The first-order chi connectivity index (χ1) is 7.72. The Morgan fingerprint density at radius 2 is 2.06 bits per heavy atom. The van der Waals surface area contributed by atoms with Crippen LogP contribution in [0.25, 0.3) is 0 Å². The summed E-state index contributed by atoms with van der Waals surface area (Å²) in [5.41, 5.74) is 0.453. The third-order valence-electron chi connectivity index (χ3n) is 3.98. The van der Waals surface area contributed by atoms with Crippen molar-refractivity contribution >= 4 is 0 Å². The summed E-state index contributed by atoms with van der Waals surface area (Å²) in [6, 6.07) is 4.16. The molecule has 3 heteroatoms. The standard InChI is InChI=1S/C13H15F2N/c14-9-3-4-11(15)10(8-9)13(5-6-13)12-2-1-7-16-12/h3-4,8,12,16H,1-2,5-7H2. The molecule has 0 radical (unpaired) electrons. The molecule has 1 atom stereocenters. The van der Waals surface area contributed by atoms with Gasteiger partial charge >= 0.3 is 0 Å². The molecule has 1 aromatic rings. The maximum absolute atomic E-state index is 13.8. The van der Waals surface area contributed by atoms with Crippen LogP contribution in [-0.2, 0) is 5.41 Å². The molecular weight excluding hydrogens is 208 g/mol. The Morgan fingerprint density at radius 3 is 2.69 bits per heavy atom. The molecule has 1 N–H and O–H groups in total. The Labute approximate surface area is 93.9 Å². The predicted octanol–water partition coefficient (Wildman–Crippen LogP) is 2.75. The molecule has 0 bridgehead atoms. The molecule has 86 valence electrons. The normalized spacial score (nSPS) is 27.0. The Kier molecular flexibility index (Phi) is 2.25. The van der Waals surface area contributed by atoms with E-state index in [1.165, 1.54) is 18.2 Å². The van der Waals surface area contributed by atoms with Gasteiger partial charge in [-0.15, -0.1) is 0 Å². The van der Waals surface area contributed by atoms with Gasteiger partial charge in [-0.3, -0.25) is 0 Å². The molecule has 2 fully saturated rings. The average Bonchev–Trinajstić information content (AvgIpc) is 2.89. The van der Waals surface area contributed by atoms with E-state index in [1.54, 1.807) is 0 Å². The number of nitrogens with one attached hydrogen (secondary N) is 1. The van der Waals surface area contributed by atoms with Crippen molar-refractivity contribution in [2.75, 3.05) is 6.54 Å². The zero-order valence-electron chi connectivity index (χ0n) is 9.10. The van der Waals surface area contributed by atoms with Gasteiger partial charge in [0.1, 0.15) is 11.6 Å². The van der Waals surface area contributed by atoms with Crippen LogP contribution in [0, 0.1) is 11.6 Å². The van der Waals surface area contributed by atoms with E-state index in [0.717, 1.165) is 32.2 Å². The minimum Gasteiger partial charge on any atom is -0.313 e. The van der Waals surface area contributed by atoms with Crippen molar-refractivity contribution in [1.29, 1.82) is 0 Å². The maximum Gasteiger partial charge on any atom is 0.127 e. The Hall–Kier alpha value is -0.960. The highest BCUT2D eigenvalue weighted by Crippen LogP contribution is 2.53. The lowest BCUT2D eigenvalue weighted by molar-refractivity contribution is 0.448. The Morgan fingerprint density at radius 1 is 1.25 bits per heavy atom. The van der Waals surface area contributed by atoms with Gasteiger partial charge in [-0.25, -0.2) is 8.78 Å². The van der Waals surface area contributed by atoms with Crippen LogP contribution in [0.2, 0.25) is 0 Å². The van der Waals surface area contributed by atoms with Crippen LogP contribution in [0.3, 0.4) is 0 Å². The fraction of sp³-hybridized carbons (Fsp3) is 0.538. The van der Waals surface area contributed by atoms with Crippen molar-refractivity contribution in [3.63, 3.8) is 0 Å². The Bertz CT molecular complexity index is 406. The summed E-state index contributed by atoms with van der Waals surface area (Å²) in [5, 5.41) is 3.42. The molecule has 3 rings (SSSR count). The number of benzene rings is 1. The number of hydrogen-bond donors (Lipinski definition) is 1. The van der Waals surface area contributed by atoms with E-state index in [0.29, 0.717) is 11.6 Å². The van der Waals surface area contributed by atoms with Gasteiger partial charge in [-0.1, -0.05) is 0 Å². The predicted molar refractivity (Wildman–Crippen MR) is 58.3 cm³/mol. The number of halogens is 2. The first kappa shape index (κ1) is 10.2. The summed E-state index contributed by atoms with van der Waals surface area (Å²) in [4.78, 5) is 0. The quantitative estimate of drug-likeness (QED) is 0.813. The van der Waals surface area contributed by atoms with E-state index in [9.17, 15) is 8.78 Å². The largest absolute Gasteiger partial charge is 0.313 e. The van der Waals surface area contributed by atoms with Crippen molar-refractivity contribution in [2.45, 2.75) is 37.1 Å². The van der Waals surface area contributed by atoms with E-state index in [4.69, 9.17) is 0 Å². The van der Waals surface area contributed by atoms with Crippen molar-refractivity contribution < 1.29 is 8.78 Å². The van der Waals surface area contributed by atoms with Crippen LogP contribution in [0.5, 0.6) is 0 Å². The molecule has 0 aromatic heterocycles. The van der Waals surface area contributed by atoms with E-state index in [2.05, 4.69) is 5.32 Å². The van der Waals surface area contributed by atoms with Gasteiger partial charge in [0.25, 0.3) is 0 Å². The first-order valence-corrected chi connectivity index (χ1v) is 5.91. The zero-order chi connectivity index (χ0) is 11.2. The van der Waals surface area contributed by atoms with Crippen molar-refractivity contribution in [3.8, 4) is 0 Å². The van der Waals surface area contributed by atoms with Gasteiger partial charge < -0.3 is 5.32 Å². The third kappa shape index (κ3) is 1.46. The lowest BCUT2D eigenvalue weighted by Crippen LogP contribution is -2.35. The monoisotopic (exact) mass is 223 g/mol. The minimum atomic E-state index is -0.333. The lowest BCUT2D eigenvalue weighted by atomic mass is 9.86. The highest BCUT2D eigenvalue weighted by atomic mass is 19.1. The molecule has 1 aliphatic heterocycles. The minimum absolute atomic E-state index is 0.122. The number of rotatable bonds is 2. The third-order valence-corrected chi connectivity index (χ3v) is 3.98. The highest BCUT2D eigenvalue weighted by molar-refractivity contribution is 5.36. The number of hydrogen-bond acceptors (Lipinski definition) is 1. The van der Waals surface area contributed by atoms with Crippen LogP contribution < -0.4 is 5.32 Å². The molecule has 1 aliphatic carbocycles. The van der Waals surface area contributed by atoms with Crippen molar-refractivity contribution in [3.05, 3.63) is 35.4 Å². The molecule has 1 saturated heterocycles. The van der Waals surface area contributed by atoms with Gasteiger partial charge in [0, 0.05) is 11.5 Å². The molecule has 0 amide bonds. The SMILES string of the molecule is Fc1ccc(F)c(C2(C3CCCN3)CC2)c1. The molecule has 1 heterocycles. The summed E-state index contributed by atoms with van der Waals surface area (Å²) in [6.07, 6.45) is 4.18. The van der Waals surface area contributed by atoms with Gasteiger partial charge in [-0.2, -0.15) is 0 Å². The molecule has 0 spiro atoms. The van der Waals surface area contributed by atoms with Crippen molar-refractivity contribution in [2.24, 2.45) is 0 Å². The maximum atomic E-state index is 13.8. The molecule has 1 nitrogen and oxygen atoms in total. The topological polar surface area (TPSA) is 12.0 Å². The summed E-state index contributed by atoms with van der Waals surface area (Å²) < 4.78 is 27.0. The summed E-state index contributed by atoms with van der Waals surface area (Å²) >= 11 is 0. The van der Waals surface area contributed by atoms with Gasteiger partial charge in [-0.05, 0) is 56.0 Å². The van der Waals surface area contributed by atoms with E-state index >= 15 is 0 Å².